The van der Waals surface area contributed by atoms with Crippen LogP contribution in [0.1, 0.15) is 32.6 Å². The molecule has 0 aromatic heterocycles. The largest absolute Gasteiger partial charge is 0.359 e. The van der Waals surface area contributed by atoms with Gasteiger partial charge in [-0.3, -0.25) is 0 Å². The summed E-state index contributed by atoms with van der Waals surface area (Å²) in [5, 5.41) is 8.35. The molecule has 2 rings (SSSR count). The zero-order valence-electron chi connectivity index (χ0n) is 10.9. The van der Waals surface area contributed by atoms with Gasteiger partial charge in [0.05, 0.1) is 10.7 Å². The molecule has 0 aliphatic heterocycles. The molecule has 5 heteroatoms. The van der Waals surface area contributed by atoms with Gasteiger partial charge in [-0.05, 0) is 49.2 Å². The van der Waals surface area contributed by atoms with Gasteiger partial charge in [-0.15, -0.1) is 0 Å². The zero-order valence-corrected chi connectivity index (χ0v) is 13.2. The Balaban J connectivity index is 1.93. The highest BCUT2D eigenvalue weighted by atomic mass is 35.5. The van der Waals surface area contributed by atoms with E-state index >= 15 is 0 Å². The second kappa shape index (κ2) is 6.78. The lowest BCUT2D eigenvalue weighted by Gasteiger charge is -2.30. The third-order valence-electron chi connectivity index (χ3n) is 3.61. The van der Waals surface area contributed by atoms with Crippen molar-refractivity contribution in [2.24, 2.45) is 5.92 Å². The molecule has 0 bridgehead atoms. The van der Waals surface area contributed by atoms with Crippen LogP contribution < -0.4 is 10.6 Å². The van der Waals surface area contributed by atoms with Crippen LogP contribution in [-0.4, -0.2) is 11.2 Å². The molecule has 1 aliphatic carbocycles. The van der Waals surface area contributed by atoms with Crippen LogP contribution in [-0.2, 0) is 0 Å². The maximum Gasteiger partial charge on any atom is 0.171 e. The quantitative estimate of drug-likeness (QED) is 0.762. The van der Waals surface area contributed by atoms with Crippen molar-refractivity contribution < 1.29 is 0 Å². The van der Waals surface area contributed by atoms with Gasteiger partial charge >= 0.3 is 0 Å². The lowest BCUT2D eigenvalue weighted by molar-refractivity contribution is 0.309. The Labute approximate surface area is 129 Å². The van der Waals surface area contributed by atoms with Crippen LogP contribution in [0.3, 0.4) is 0 Å². The van der Waals surface area contributed by atoms with Gasteiger partial charge < -0.3 is 10.6 Å². The van der Waals surface area contributed by atoms with Gasteiger partial charge in [0.15, 0.2) is 5.11 Å². The Morgan fingerprint density at radius 1 is 1.26 bits per heavy atom. The van der Waals surface area contributed by atoms with E-state index < -0.39 is 0 Å². The highest BCUT2D eigenvalue weighted by molar-refractivity contribution is 7.80. The van der Waals surface area contributed by atoms with E-state index in [0.29, 0.717) is 27.1 Å². The number of hydrogen-bond donors (Lipinski definition) is 2. The highest BCUT2D eigenvalue weighted by Crippen LogP contribution is 2.26. The van der Waals surface area contributed by atoms with Gasteiger partial charge in [0, 0.05) is 11.1 Å². The average molecular weight is 317 g/mol. The van der Waals surface area contributed by atoms with E-state index in [4.69, 9.17) is 35.4 Å². The summed E-state index contributed by atoms with van der Waals surface area (Å²) < 4.78 is 0. The summed E-state index contributed by atoms with van der Waals surface area (Å²) in [5.74, 6) is 0.661. The molecule has 1 fully saturated rings. The number of nitrogens with one attached hydrogen (secondary N) is 2. The van der Waals surface area contributed by atoms with Crippen LogP contribution in [0.15, 0.2) is 18.2 Å². The van der Waals surface area contributed by atoms with Crippen molar-refractivity contribution in [2.75, 3.05) is 5.32 Å². The van der Waals surface area contributed by atoms with Gasteiger partial charge in [-0.2, -0.15) is 0 Å². The molecule has 0 heterocycles. The van der Waals surface area contributed by atoms with E-state index in [9.17, 15) is 0 Å². The predicted molar refractivity (Wildman–Crippen MR) is 87.2 cm³/mol. The Morgan fingerprint density at radius 3 is 2.68 bits per heavy atom. The first-order valence-electron chi connectivity index (χ1n) is 6.59. The van der Waals surface area contributed by atoms with E-state index in [-0.39, 0.29) is 0 Å². The number of thiocarbonyl (C=S) groups is 1. The van der Waals surface area contributed by atoms with Crippen molar-refractivity contribution in [1.29, 1.82) is 0 Å². The van der Waals surface area contributed by atoms with E-state index in [1.165, 1.54) is 25.7 Å². The fraction of sp³-hybridized carbons (Fsp3) is 0.500. The Kier molecular flexibility index (Phi) is 5.31. The standard InChI is InChI=1S/C14H18Cl2N2S/c1-9-4-2-3-5-12(9)17-14(19)18-13-7-6-10(15)8-11(13)16/h6-9,12H,2-5H2,1H3,(H2,17,18,19)/t9-,12-/m0/s1. The van der Waals surface area contributed by atoms with E-state index in [1.54, 1.807) is 12.1 Å². The zero-order chi connectivity index (χ0) is 13.8. The molecule has 2 N–H and O–H groups in total. The van der Waals surface area contributed by atoms with Gasteiger partial charge in [-0.1, -0.05) is 43.0 Å². The number of anilines is 1. The first kappa shape index (κ1) is 14.9. The van der Waals surface area contributed by atoms with Crippen molar-refractivity contribution in [1.82, 2.24) is 5.32 Å². The minimum atomic E-state index is 0.458. The van der Waals surface area contributed by atoms with Crippen LogP contribution in [0.25, 0.3) is 0 Å². The topological polar surface area (TPSA) is 24.1 Å². The summed E-state index contributed by atoms with van der Waals surface area (Å²) in [6, 6.07) is 5.79. The Bertz CT molecular complexity index is 465. The smallest absolute Gasteiger partial charge is 0.171 e. The third kappa shape index (κ3) is 4.23. The predicted octanol–water partition coefficient (Wildman–Crippen LogP) is 4.86. The minimum absolute atomic E-state index is 0.458. The van der Waals surface area contributed by atoms with E-state index in [0.717, 1.165) is 5.69 Å². The molecule has 1 aliphatic rings. The number of rotatable bonds is 2. The molecule has 0 spiro atoms. The van der Waals surface area contributed by atoms with Crippen molar-refractivity contribution in [2.45, 2.75) is 38.6 Å². The molecule has 0 saturated heterocycles. The Morgan fingerprint density at radius 2 is 2.00 bits per heavy atom. The normalized spacial score (nSPS) is 22.9. The van der Waals surface area contributed by atoms with Crippen molar-refractivity contribution >= 4 is 46.2 Å². The van der Waals surface area contributed by atoms with Crippen molar-refractivity contribution in [3.63, 3.8) is 0 Å². The molecule has 2 nitrogen and oxygen atoms in total. The monoisotopic (exact) mass is 316 g/mol. The molecule has 2 atom stereocenters. The van der Waals surface area contributed by atoms with Gasteiger partial charge in [0.2, 0.25) is 0 Å². The molecule has 19 heavy (non-hydrogen) atoms. The highest BCUT2D eigenvalue weighted by Gasteiger charge is 2.21. The van der Waals surface area contributed by atoms with Crippen LogP contribution >= 0.6 is 35.4 Å². The van der Waals surface area contributed by atoms with Crippen molar-refractivity contribution in [3.05, 3.63) is 28.2 Å². The third-order valence-corrected chi connectivity index (χ3v) is 4.38. The summed E-state index contributed by atoms with van der Waals surface area (Å²) in [4.78, 5) is 0. The fourth-order valence-electron chi connectivity index (χ4n) is 2.45. The molecule has 0 unspecified atom stereocenters. The second-order valence-electron chi connectivity index (χ2n) is 5.09. The van der Waals surface area contributed by atoms with Gasteiger partial charge in [-0.25, -0.2) is 0 Å². The van der Waals surface area contributed by atoms with E-state index in [2.05, 4.69) is 17.6 Å². The summed E-state index contributed by atoms with van der Waals surface area (Å²) >= 11 is 17.3. The Hall–Kier alpha value is -0.510. The summed E-state index contributed by atoms with van der Waals surface area (Å²) in [6.45, 7) is 2.27. The maximum atomic E-state index is 6.11. The lowest BCUT2D eigenvalue weighted by Crippen LogP contribution is -2.43. The number of hydrogen-bond acceptors (Lipinski definition) is 1. The van der Waals surface area contributed by atoms with Crippen LogP contribution in [0, 0.1) is 5.92 Å². The second-order valence-corrected chi connectivity index (χ2v) is 6.34. The number of halogens is 2. The first-order valence-corrected chi connectivity index (χ1v) is 7.75. The first-order chi connectivity index (χ1) is 9.06. The van der Waals surface area contributed by atoms with Crippen molar-refractivity contribution in [3.8, 4) is 0 Å². The summed E-state index contributed by atoms with van der Waals surface area (Å²) in [6.07, 6.45) is 5.04. The van der Waals surface area contributed by atoms with Crippen LogP contribution in [0.2, 0.25) is 10.0 Å². The molecule has 1 saturated carbocycles. The van der Waals surface area contributed by atoms with Gasteiger partial charge in [0.25, 0.3) is 0 Å². The average Bonchev–Trinajstić information content (AvgIpc) is 2.36. The molecule has 0 radical (unpaired) electrons. The summed E-state index contributed by atoms with van der Waals surface area (Å²) in [5.41, 5.74) is 0.784. The molecule has 1 aromatic rings. The fourth-order valence-corrected chi connectivity index (χ4v) is 3.17. The molecular weight excluding hydrogens is 299 g/mol. The minimum Gasteiger partial charge on any atom is -0.359 e. The van der Waals surface area contributed by atoms with E-state index in [1.807, 2.05) is 6.07 Å². The maximum absolute atomic E-state index is 6.11. The van der Waals surface area contributed by atoms with Crippen LogP contribution in [0.4, 0.5) is 5.69 Å². The molecule has 104 valence electrons. The molecular formula is C14H18Cl2N2S. The molecule has 1 aromatic carbocycles. The van der Waals surface area contributed by atoms with Gasteiger partial charge in [0.1, 0.15) is 0 Å². The lowest BCUT2D eigenvalue weighted by atomic mass is 9.86. The molecule has 0 amide bonds. The number of benzene rings is 1. The summed E-state index contributed by atoms with van der Waals surface area (Å²) in [7, 11) is 0. The van der Waals surface area contributed by atoms with Crippen LogP contribution in [0.5, 0.6) is 0 Å². The SMILES string of the molecule is C[C@H]1CCCC[C@@H]1NC(=S)Nc1ccc(Cl)cc1Cl.